The van der Waals surface area contributed by atoms with E-state index in [0.29, 0.717) is 17.8 Å². The number of anilines is 2. The Hall–Kier alpha value is -4.19. The van der Waals surface area contributed by atoms with Crippen LogP contribution in [0.5, 0.6) is 0 Å². The molecular weight excluding hydrogens is 424 g/mol. The fraction of sp³-hybridized carbons (Fsp3) is 0.179. The fourth-order valence-corrected chi connectivity index (χ4v) is 3.69. The van der Waals surface area contributed by atoms with Crippen LogP contribution in [0.15, 0.2) is 73.2 Å². The maximum Gasteiger partial charge on any atom is 0.275 e. The van der Waals surface area contributed by atoms with Crippen molar-refractivity contribution in [3.8, 4) is 0 Å². The minimum absolute atomic E-state index is 0.134. The van der Waals surface area contributed by atoms with E-state index in [9.17, 15) is 9.59 Å². The molecular formula is C28H28N4O2. The van der Waals surface area contributed by atoms with Crippen molar-refractivity contribution in [2.75, 3.05) is 10.6 Å². The van der Waals surface area contributed by atoms with Crippen LogP contribution in [0.1, 0.15) is 48.7 Å². The molecule has 2 N–H and O–H groups in total. The lowest BCUT2D eigenvalue weighted by atomic mass is 10.1. The summed E-state index contributed by atoms with van der Waals surface area (Å²) in [6.45, 7) is 8.57. The lowest BCUT2D eigenvalue weighted by Crippen LogP contribution is -2.13. The first-order valence-corrected chi connectivity index (χ1v) is 11.2. The van der Waals surface area contributed by atoms with Crippen LogP contribution in [0.2, 0.25) is 0 Å². The second-order valence-corrected chi connectivity index (χ2v) is 8.65. The smallest absolute Gasteiger partial charge is 0.275 e. The third-order valence-electron chi connectivity index (χ3n) is 5.84. The van der Waals surface area contributed by atoms with Crippen molar-refractivity contribution >= 4 is 23.2 Å². The normalized spacial score (nSPS) is 10.7. The summed E-state index contributed by atoms with van der Waals surface area (Å²) in [4.78, 5) is 29.4. The van der Waals surface area contributed by atoms with Crippen LogP contribution in [-0.4, -0.2) is 21.4 Å². The Bertz CT molecular complexity index is 1350. The van der Waals surface area contributed by atoms with E-state index >= 15 is 0 Å². The van der Waals surface area contributed by atoms with Crippen molar-refractivity contribution < 1.29 is 9.59 Å². The quantitative estimate of drug-likeness (QED) is 0.396. The Morgan fingerprint density at radius 2 is 1.56 bits per heavy atom. The number of nitrogens with one attached hydrogen (secondary N) is 2. The number of aromatic nitrogens is 2. The topological polar surface area (TPSA) is 76.0 Å². The van der Waals surface area contributed by atoms with Crippen LogP contribution < -0.4 is 10.6 Å². The lowest BCUT2D eigenvalue weighted by Gasteiger charge is -2.09. The van der Waals surface area contributed by atoms with Crippen LogP contribution in [-0.2, 0) is 6.54 Å². The molecule has 2 amide bonds. The molecule has 172 valence electrons. The number of hydrogen-bond acceptors (Lipinski definition) is 3. The zero-order valence-electron chi connectivity index (χ0n) is 19.8. The van der Waals surface area contributed by atoms with Gasteiger partial charge in [-0.1, -0.05) is 35.9 Å². The molecule has 6 heteroatoms. The van der Waals surface area contributed by atoms with Crippen molar-refractivity contribution in [3.05, 3.63) is 112 Å². The van der Waals surface area contributed by atoms with Gasteiger partial charge >= 0.3 is 0 Å². The Labute approximate surface area is 199 Å². The first-order chi connectivity index (χ1) is 16.3. The Kier molecular flexibility index (Phi) is 6.59. The molecule has 4 rings (SSSR count). The SMILES string of the molecule is Cc1ccc(NC(=O)c2cn(Cc3ccc(NC(=O)c4ccc(C)c(C)c4)cc3)cn2)c(C)c1. The van der Waals surface area contributed by atoms with Crippen molar-refractivity contribution in [1.82, 2.24) is 9.55 Å². The van der Waals surface area contributed by atoms with Crippen LogP contribution in [0.3, 0.4) is 0 Å². The largest absolute Gasteiger partial charge is 0.332 e. The van der Waals surface area contributed by atoms with Gasteiger partial charge in [0.25, 0.3) is 11.8 Å². The number of nitrogens with zero attached hydrogens (tertiary/aromatic N) is 2. The van der Waals surface area contributed by atoms with Gasteiger partial charge in [0.15, 0.2) is 0 Å². The highest BCUT2D eigenvalue weighted by molar-refractivity contribution is 6.04. The molecule has 0 unspecified atom stereocenters. The van der Waals surface area contributed by atoms with Gasteiger partial charge < -0.3 is 15.2 Å². The molecule has 0 spiro atoms. The summed E-state index contributed by atoms with van der Waals surface area (Å²) in [6, 6.07) is 19.2. The lowest BCUT2D eigenvalue weighted by molar-refractivity contribution is 0.101. The number of carbonyl (C=O) groups is 2. The summed E-state index contributed by atoms with van der Waals surface area (Å²) in [5.74, 6) is -0.375. The Balaban J connectivity index is 1.37. The van der Waals surface area contributed by atoms with Gasteiger partial charge in [-0.05, 0) is 80.3 Å². The summed E-state index contributed by atoms with van der Waals surface area (Å²) in [7, 11) is 0. The van der Waals surface area contributed by atoms with Gasteiger partial charge in [-0.15, -0.1) is 0 Å². The molecule has 0 radical (unpaired) electrons. The predicted molar refractivity (Wildman–Crippen MR) is 136 cm³/mol. The molecule has 0 atom stereocenters. The number of aryl methyl sites for hydroxylation is 4. The van der Waals surface area contributed by atoms with Crippen molar-refractivity contribution in [3.63, 3.8) is 0 Å². The standard InChI is InChI=1S/C28H28N4O2/c1-18-5-12-25(21(4)13-18)31-28(34)26-16-32(17-29-26)15-22-7-10-24(11-8-22)30-27(33)23-9-6-19(2)20(3)14-23/h5-14,16-17H,15H2,1-4H3,(H,30,33)(H,31,34). The molecule has 0 aliphatic heterocycles. The second-order valence-electron chi connectivity index (χ2n) is 8.65. The van der Waals surface area contributed by atoms with E-state index in [-0.39, 0.29) is 11.8 Å². The number of rotatable bonds is 6. The van der Waals surface area contributed by atoms with E-state index in [1.54, 1.807) is 12.5 Å². The van der Waals surface area contributed by atoms with Gasteiger partial charge in [0, 0.05) is 29.7 Å². The van der Waals surface area contributed by atoms with Gasteiger partial charge in [0.2, 0.25) is 0 Å². The first kappa shape index (κ1) is 23.0. The van der Waals surface area contributed by atoms with Crippen molar-refractivity contribution in [1.29, 1.82) is 0 Å². The van der Waals surface area contributed by atoms with Gasteiger partial charge in [-0.3, -0.25) is 9.59 Å². The summed E-state index contributed by atoms with van der Waals surface area (Å²) in [6.07, 6.45) is 3.38. The number of carbonyl (C=O) groups excluding carboxylic acids is 2. The average molecular weight is 453 g/mol. The maximum absolute atomic E-state index is 12.6. The molecule has 3 aromatic carbocycles. The molecule has 1 heterocycles. The fourth-order valence-electron chi connectivity index (χ4n) is 3.69. The third kappa shape index (κ3) is 5.41. The maximum atomic E-state index is 12.6. The van der Waals surface area contributed by atoms with Crippen LogP contribution in [0.4, 0.5) is 11.4 Å². The van der Waals surface area contributed by atoms with E-state index in [2.05, 4.69) is 15.6 Å². The summed E-state index contributed by atoms with van der Waals surface area (Å²) in [5, 5.41) is 5.86. The highest BCUT2D eigenvalue weighted by Gasteiger charge is 2.12. The number of imidazole rings is 1. The highest BCUT2D eigenvalue weighted by atomic mass is 16.2. The van der Waals surface area contributed by atoms with E-state index < -0.39 is 0 Å². The van der Waals surface area contributed by atoms with Gasteiger partial charge in [0.1, 0.15) is 5.69 Å². The highest BCUT2D eigenvalue weighted by Crippen LogP contribution is 2.18. The summed E-state index contributed by atoms with van der Waals surface area (Å²) >= 11 is 0. The van der Waals surface area contributed by atoms with Crippen LogP contribution in [0.25, 0.3) is 0 Å². The van der Waals surface area contributed by atoms with Gasteiger partial charge in [0.05, 0.1) is 6.33 Å². The van der Waals surface area contributed by atoms with E-state index in [1.165, 1.54) is 0 Å². The zero-order valence-corrected chi connectivity index (χ0v) is 19.8. The van der Waals surface area contributed by atoms with E-state index in [4.69, 9.17) is 0 Å². The monoisotopic (exact) mass is 452 g/mol. The predicted octanol–water partition coefficient (Wildman–Crippen LogP) is 5.67. The van der Waals surface area contributed by atoms with Crippen LogP contribution in [0, 0.1) is 27.7 Å². The Morgan fingerprint density at radius 3 is 2.26 bits per heavy atom. The van der Waals surface area contributed by atoms with E-state index in [1.807, 2.05) is 92.9 Å². The summed E-state index contributed by atoms with van der Waals surface area (Å²) < 4.78 is 1.86. The molecule has 34 heavy (non-hydrogen) atoms. The average Bonchev–Trinajstić information content (AvgIpc) is 3.27. The molecule has 6 nitrogen and oxygen atoms in total. The second kappa shape index (κ2) is 9.75. The van der Waals surface area contributed by atoms with E-state index in [0.717, 1.165) is 39.2 Å². The number of hydrogen-bond donors (Lipinski definition) is 2. The third-order valence-corrected chi connectivity index (χ3v) is 5.84. The minimum atomic E-state index is -0.241. The van der Waals surface area contributed by atoms with Crippen molar-refractivity contribution in [2.45, 2.75) is 34.2 Å². The molecule has 0 fully saturated rings. The van der Waals surface area contributed by atoms with Gasteiger partial charge in [-0.25, -0.2) is 4.98 Å². The zero-order chi connectivity index (χ0) is 24.2. The molecule has 4 aromatic rings. The molecule has 1 aromatic heterocycles. The molecule has 0 saturated heterocycles. The van der Waals surface area contributed by atoms with Gasteiger partial charge in [-0.2, -0.15) is 0 Å². The minimum Gasteiger partial charge on any atom is -0.332 e. The molecule has 0 aliphatic rings. The molecule has 0 saturated carbocycles. The Morgan fingerprint density at radius 1 is 0.794 bits per heavy atom. The number of benzene rings is 3. The molecule has 0 bridgehead atoms. The van der Waals surface area contributed by atoms with Crippen molar-refractivity contribution in [2.24, 2.45) is 0 Å². The molecule has 0 aliphatic carbocycles. The first-order valence-electron chi connectivity index (χ1n) is 11.2. The summed E-state index contributed by atoms with van der Waals surface area (Å²) in [5.41, 5.74) is 7.94. The number of amides is 2. The van der Waals surface area contributed by atoms with Crippen LogP contribution >= 0.6 is 0 Å².